The third-order valence-corrected chi connectivity index (χ3v) is 6.23. The van der Waals surface area contributed by atoms with Crippen molar-refractivity contribution in [2.45, 2.75) is 38.3 Å². The normalized spacial score (nSPS) is 20.3. The van der Waals surface area contributed by atoms with Gasteiger partial charge in [0.25, 0.3) is 0 Å². The van der Waals surface area contributed by atoms with Gasteiger partial charge in [0.05, 0.1) is 25.4 Å². The molecule has 2 saturated heterocycles. The van der Waals surface area contributed by atoms with Gasteiger partial charge in [-0.2, -0.15) is 0 Å². The van der Waals surface area contributed by atoms with Crippen molar-refractivity contribution in [2.75, 3.05) is 13.2 Å². The SMILES string of the molecule is CC(Oc1ccc(CC2CO2)c2ccccc12)Oc1ccc(CC2CO2)c2ccccc12. The van der Waals surface area contributed by atoms with E-state index in [-0.39, 0.29) is 0 Å². The van der Waals surface area contributed by atoms with E-state index >= 15 is 0 Å². The van der Waals surface area contributed by atoms with Crippen molar-refractivity contribution >= 4 is 21.5 Å². The second-order valence-electron chi connectivity index (χ2n) is 8.66. The highest BCUT2D eigenvalue weighted by Gasteiger charge is 2.25. The Labute approximate surface area is 187 Å². The van der Waals surface area contributed by atoms with E-state index in [0.717, 1.165) is 48.3 Å². The lowest BCUT2D eigenvalue weighted by Crippen LogP contribution is -2.20. The molecule has 0 aromatic heterocycles. The molecule has 0 saturated carbocycles. The van der Waals surface area contributed by atoms with Crippen molar-refractivity contribution in [1.29, 1.82) is 0 Å². The Morgan fingerprint density at radius 2 is 1.06 bits per heavy atom. The molecule has 4 nitrogen and oxygen atoms in total. The van der Waals surface area contributed by atoms with Gasteiger partial charge in [0.1, 0.15) is 11.5 Å². The van der Waals surface area contributed by atoms with Crippen LogP contribution in [0.1, 0.15) is 18.1 Å². The molecule has 4 aromatic carbocycles. The van der Waals surface area contributed by atoms with Gasteiger partial charge in [-0.3, -0.25) is 0 Å². The van der Waals surface area contributed by atoms with E-state index in [1.165, 1.54) is 21.9 Å². The van der Waals surface area contributed by atoms with E-state index < -0.39 is 6.29 Å². The summed E-state index contributed by atoms with van der Waals surface area (Å²) in [5.74, 6) is 1.67. The van der Waals surface area contributed by atoms with Crippen LogP contribution in [-0.4, -0.2) is 31.7 Å². The highest BCUT2D eigenvalue weighted by atomic mass is 16.7. The smallest absolute Gasteiger partial charge is 0.238 e. The van der Waals surface area contributed by atoms with Gasteiger partial charge < -0.3 is 18.9 Å². The predicted molar refractivity (Wildman–Crippen MR) is 126 cm³/mol. The molecule has 2 aliphatic rings. The molecule has 32 heavy (non-hydrogen) atoms. The van der Waals surface area contributed by atoms with Crippen LogP contribution >= 0.6 is 0 Å². The maximum absolute atomic E-state index is 6.29. The van der Waals surface area contributed by atoms with Gasteiger partial charge in [-0.1, -0.05) is 60.7 Å². The number of hydrogen-bond donors (Lipinski definition) is 0. The topological polar surface area (TPSA) is 43.5 Å². The lowest BCUT2D eigenvalue weighted by molar-refractivity contribution is 0.0248. The van der Waals surface area contributed by atoms with Gasteiger partial charge in [-0.25, -0.2) is 0 Å². The Balaban J connectivity index is 1.26. The molecule has 0 bridgehead atoms. The first-order chi connectivity index (χ1) is 15.7. The molecule has 0 radical (unpaired) electrons. The number of benzene rings is 4. The van der Waals surface area contributed by atoms with Crippen molar-refractivity contribution < 1.29 is 18.9 Å². The fraction of sp³-hybridized carbons (Fsp3) is 0.286. The van der Waals surface area contributed by atoms with Crippen LogP contribution in [0.4, 0.5) is 0 Å². The van der Waals surface area contributed by atoms with Gasteiger partial charge in [-0.15, -0.1) is 0 Å². The van der Waals surface area contributed by atoms with Gasteiger partial charge >= 0.3 is 0 Å². The summed E-state index contributed by atoms with van der Waals surface area (Å²) in [5.41, 5.74) is 2.59. The summed E-state index contributed by atoms with van der Waals surface area (Å²) in [7, 11) is 0. The van der Waals surface area contributed by atoms with Crippen LogP contribution in [0, 0.1) is 0 Å². The van der Waals surface area contributed by atoms with Crippen LogP contribution in [0.5, 0.6) is 11.5 Å². The minimum atomic E-state index is -0.433. The quantitative estimate of drug-likeness (QED) is 0.269. The van der Waals surface area contributed by atoms with E-state index in [2.05, 4.69) is 60.7 Å². The lowest BCUT2D eigenvalue weighted by atomic mass is 10.00. The van der Waals surface area contributed by atoms with E-state index in [1.54, 1.807) is 0 Å². The molecule has 0 amide bonds. The van der Waals surface area contributed by atoms with Crippen LogP contribution in [0.25, 0.3) is 21.5 Å². The fourth-order valence-electron chi connectivity index (χ4n) is 4.47. The maximum atomic E-state index is 6.29. The molecule has 4 aromatic rings. The summed E-state index contributed by atoms with van der Waals surface area (Å²) in [6.07, 6.45) is 2.16. The first kappa shape index (κ1) is 19.6. The van der Waals surface area contributed by atoms with Gasteiger partial charge in [0, 0.05) is 30.5 Å². The van der Waals surface area contributed by atoms with Crippen LogP contribution in [0.15, 0.2) is 72.8 Å². The molecule has 0 aliphatic carbocycles. The summed E-state index contributed by atoms with van der Waals surface area (Å²) in [5, 5.41) is 4.63. The summed E-state index contributed by atoms with van der Waals surface area (Å²) in [6, 6.07) is 25.2. The number of fused-ring (bicyclic) bond motifs is 2. The molecule has 6 rings (SSSR count). The van der Waals surface area contributed by atoms with Crippen LogP contribution < -0.4 is 9.47 Å². The minimum Gasteiger partial charge on any atom is -0.455 e. The highest BCUT2D eigenvalue weighted by molar-refractivity contribution is 5.92. The summed E-state index contributed by atoms with van der Waals surface area (Å²) in [4.78, 5) is 0. The fourth-order valence-corrected chi connectivity index (χ4v) is 4.47. The van der Waals surface area contributed by atoms with E-state index in [4.69, 9.17) is 18.9 Å². The lowest BCUT2D eigenvalue weighted by Gasteiger charge is -2.20. The third kappa shape index (κ3) is 4.04. The first-order valence-corrected chi connectivity index (χ1v) is 11.3. The molecule has 4 heteroatoms. The molecular weight excluding hydrogens is 400 g/mol. The summed E-state index contributed by atoms with van der Waals surface area (Å²) < 4.78 is 23.4. The number of hydrogen-bond acceptors (Lipinski definition) is 4. The Hall–Kier alpha value is -3.08. The second-order valence-corrected chi connectivity index (χ2v) is 8.66. The Morgan fingerprint density at radius 1 is 0.656 bits per heavy atom. The molecule has 2 atom stereocenters. The Bertz CT molecular complexity index is 1170. The maximum Gasteiger partial charge on any atom is 0.238 e. The van der Waals surface area contributed by atoms with Crippen molar-refractivity contribution in [3.05, 3.63) is 83.9 Å². The zero-order valence-corrected chi connectivity index (χ0v) is 18.1. The monoisotopic (exact) mass is 426 g/mol. The van der Waals surface area contributed by atoms with Crippen LogP contribution in [-0.2, 0) is 22.3 Å². The van der Waals surface area contributed by atoms with Gasteiger partial charge in [-0.05, 0) is 34.0 Å². The number of epoxide rings is 2. The van der Waals surface area contributed by atoms with Gasteiger partial charge in [0.15, 0.2) is 0 Å². The van der Waals surface area contributed by atoms with Crippen molar-refractivity contribution in [1.82, 2.24) is 0 Å². The first-order valence-electron chi connectivity index (χ1n) is 11.3. The van der Waals surface area contributed by atoms with Crippen molar-refractivity contribution in [3.63, 3.8) is 0 Å². The van der Waals surface area contributed by atoms with Crippen LogP contribution in [0.2, 0.25) is 0 Å². The largest absolute Gasteiger partial charge is 0.455 e. The molecule has 0 spiro atoms. The summed E-state index contributed by atoms with van der Waals surface area (Å²) >= 11 is 0. The average molecular weight is 427 g/mol. The molecule has 162 valence electrons. The van der Waals surface area contributed by atoms with Crippen molar-refractivity contribution in [3.8, 4) is 11.5 Å². The van der Waals surface area contributed by atoms with Crippen molar-refractivity contribution in [2.24, 2.45) is 0 Å². The van der Waals surface area contributed by atoms with Crippen LogP contribution in [0.3, 0.4) is 0 Å². The molecule has 0 N–H and O–H groups in total. The van der Waals surface area contributed by atoms with E-state index in [1.807, 2.05) is 19.1 Å². The molecular formula is C28H26O4. The highest BCUT2D eigenvalue weighted by Crippen LogP contribution is 2.34. The Morgan fingerprint density at radius 3 is 1.47 bits per heavy atom. The van der Waals surface area contributed by atoms with E-state index in [0.29, 0.717) is 12.2 Å². The third-order valence-electron chi connectivity index (χ3n) is 6.23. The second kappa shape index (κ2) is 8.12. The Kier molecular flexibility index (Phi) is 4.97. The molecule has 2 aliphatic heterocycles. The number of ether oxygens (including phenoxy) is 4. The predicted octanol–water partition coefficient (Wildman–Crippen LogP) is 5.68. The summed E-state index contributed by atoms with van der Waals surface area (Å²) in [6.45, 7) is 3.66. The molecule has 2 fully saturated rings. The molecule has 2 unspecified atom stereocenters. The molecule has 2 heterocycles. The number of rotatable bonds is 8. The average Bonchev–Trinajstić information content (AvgIpc) is 3.74. The zero-order valence-electron chi connectivity index (χ0n) is 18.1. The zero-order chi connectivity index (χ0) is 21.5. The van der Waals surface area contributed by atoms with E-state index in [9.17, 15) is 0 Å². The minimum absolute atomic E-state index is 0.357. The standard InChI is InChI=1S/C28H26O4/c1-18(31-27-12-10-19(14-21-16-29-21)23-6-2-4-8-25(23)27)32-28-13-11-20(15-22-17-30-22)24-7-3-5-9-26(24)28/h2-13,18,21-22H,14-17H2,1H3. The van der Waals surface area contributed by atoms with Gasteiger partial charge in [0.2, 0.25) is 6.29 Å².